The van der Waals surface area contributed by atoms with Gasteiger partial charge in [0.2, 0.25) is 5.91 Å². The van der Waals surface area contributed by atoms with Gasteiger partial charge in [0.15, 0.2) is 0 Å². The zero-order chi connectivity index (χ0) is 40.3. The molecule has 1 amide bonds. The van der Waals surface area contributed by atoms with E-state index in [0.29, 0.717) is 34.6 Å². The van der Waals surface area contributed by atoms with Crippen molar-refractivity contribution in [2.24, 2.45) is 5.41 Å². The number of carbonyl (C=O) groups is 2. The molecular weight excluding hydrogens is 718 g/mol. The zero-order valence-corrected chi connectivity index (χ0v) is 32.6. The molecule has 0 aromatic heterocycles. The van der Waals surface area contributed by atoms with E-state index in [1.165, 1.54) is 11.9 Å². The molecule has 2 aliphatic rings. The lowest BCUT2D eigenvalue weighted by atomic mass is 9.69. The van der Waals surface area contributed by atoms with Gasteiger partial charge in [0, 0.05) is 33.5 Å². The van der Waals surface area contributed by atoms with Crippen LogP contribution in [0.25, 0.3) is 21.9 Å². The van der Waals surface area contributed by atoms with E-state index in [2.05, 4.69) is 18.5 Å². The maximum absolute atomic E-state index is 16.1. The van der Waals surface area contributed by atoms with Crippen molar-refractivity contribution in [3.63, 3.8) is 0 Å². The summed E-state index contributed by atoms with van der Waals surface area (Å²) in [5.41, 5.74) is 0.00204. The molecule has 5 rings (SSSR count). The minimum absolute atomic E-state index is 0.163. The average Bonchev–Trinajstić information content (AvgIpc) is 3.15. The number of carboxylic acids is 1. The number of allylic oxidation sites excluding steroid dienone is 1. The first kappa shape index (κ1) is 42.0. The minimum atomic E-state index is -3.72. The highest BCUT2D eigenvalue weighted by Crippen LogP contribution is 2.50. The van der Waals surface area contributed by atoms with Gasteiger partial charge in [0.25, 0.3) is 11.8 Å². The third-order valence-electron chi connectivity index (χ3n) is 11.2. The van der Waals surface area contributed by atoms with Crippen molar-refractivity contribution < 1.29 is 46.5 Å². The number of rotatable bonds is 15. The van der Waals surface area contributed by atoms with Crippen LogP contribution in [-0.4, -0.2) is 117 Å². The van der Waals surface area contributed by atoms with Crippen LogP contribution >= 0.6 is 0 Å². The number of benzene rings is 3. The second-order valence-electron chi connectivity index (χ2n) is 15.3. The van der Waals surface area contributed by atoms with Crippen LogP contribution in [0.3, 0.4) is 0 Å². The molecule has 0 saturated carbocycles. The lowest BCUT2D eigenvalue weighted by molar-refractivity contribution is -0.178. The van der Waals surface area contributed by atoms with Crippen molar-refractivity contribution in [3.8, 4) is 22.6 Å². The van der Waals surface area contributed by atoms with Crippen LogP contribution in [0.2, 0.25) is 0 Å². The van der Waals surface area contributed by atoms with E-state index < -0.39 is 60.1 Å². The lowest BCUT2D eigenvalue weighted by Crippen LogP contribution is -2.61. The summed E-state index contributed by atoms with van der Waals surface area (Å²) in [4.78, 5) is 31.7. The number of nitrogens with zero attached hydrogens (tertiary/aromatic N) is 3. The number of fused-ring (bicyclic) bond motifs is 1. The third kappa shape index (κ3) is 8.94. The van der Waals surface area contributed by atoms with Gasteiger partial charge < -0.3 is 29.1 Å². The van der Waals surface area contributed by atoms with Gasteiger partial charge in [-0.25, -0.2) is 22.4 Å². The van der Waals surface area contributed by atoms with Crippen LogP contribution in [0, 0.1) is 5.41 Å². The monoisotopic (exact) mass is 771 g/mol. The Labute approximate surface area is 320 Å². The number of aliphatic carboxylic acids is 1. The van der Waals surface area contributed by atoms with E-state index in [1.54, 1.807) is 26.4 Å². The molecule has 55 heavy (non-hydrogen) atoms. The summed E-state index contributed by atoms with van der Waals surface area (Å²) < 4.78 is 77.8. The Balaban J connectivity index is 1.46. The summed E-state index contributed by atoms with van der Waals surface area (Å²) in [6.45, 7) is 6.65. The third-order valence-corrected chi connectivity index (χ3v) is 11.2. The van der Waals surface area contributed by atoms with Crippen molar-refractivity contribution in [1.29, 1.82) is 0 Å². The number of halogens is 4. The van der Waals surface area contributed by atoms with Gasteiger partial charge in [-0.15, -0.1) is 0 Å². The summed E-state index contributed by atoms with van der Waals surface area (Å²) in [5.74, 6) is -8.09. The summed E-state index contributed by atoms with van der Waals surface area (Å²) in [6, 6.07) is 13.3. The molecule has 0 radical (unpaired) electrons. The Morgan fingerprint density at radius 3 is 2.11 bits per heavy atom. The number of hydrogen-bond acceptors (Lipinski definition) is 7. The quantitative estimate of drug-likeness (QED) is 0.125. The van der Waals surface area contributed by atoms with Crippen LogP contribution < -0.4 is 9.47 Å². The number of ether oxygens (including phenoxy) is 3. The first-order chi connectivity index (χ1) is 25.9. The molecule has 1 N–H and O–H groups in total. The molecule has 1 atom stereocenters. The first-order valence-corrected chi connectivity index (χ1v) is 18.6. The van der Waals surface area contributed by atoms with E-state index >= 15 is 8.78 Å². The van der Waals surface area contributed by atoms with Gasteiger partial charge in [-0.2, -0.15) is 0 Å². The Bertz CT molecular complexity index is 1840. The van der Waals surface area contributed by atoms with E-state index in [1.807, 2.05) is 36.4 Å². The van der Waals surface area contributed by atoms with Gasteiger partial charge >= 0.3 is 5.97 Å². The molecular formula is C42H53F4N3O6. The number of piperidine rings is 2. The van der Waals surface area contributed by atoms with Crippen LogP contribution in [0.1, 0.15) is 50.7 Å². The number of likely N-dealkylation sites (N-methyl/N-ethyl adjacent to an activating group) is 1. The number of carboxylic acid groups (broad SMARTS) is 1. The molecule has 2 saturated heterocycles. The molecule has 0 unspecified atom stereocenters. The molecule has 3 aromatic carbocycles. The van der Waals surface area contributed by atoms with Crippen molar-refractivity contribution in [1.82, 2.24) is 14.7 Å². The van der Waals surface area contributed by atoms with Gasteiger partial charge in [-0.3, -0.25) is 9.69 Å². The highest BCUT2D eigenvalue weighted by Gasteiger charge is 2.61. The van der Waals surface area contributed by atoms with Crippen molar-refractivity contribution in [3.05, 3.63) is 71.8 Å². The standard InChI is InChI=1S/C42H53F4N3O6/c1-27(2)42(45,46)41(16-20-49(21-17-41)26-40(3,43)44)39(52)48(5)34(38(50)51)24-29-10-8-12-32-31(29)11-9-13-33(32)37-35(53-6)22-28(23-36(37)54-7)25-55-30-14-18-47(4)19-15-30/h8-13,22-23,30,34H,1,14-21,24-26H2,2-7H3,(H,50,51)/t34-/m0/s1. The Morgan fingerprint density at radius 2 is 1.56 bits per heavy atom. The van der Waals surface area contributed by atoms with Crippen molar-refractivity contribution in [2.75, 3.05) is 61.0 Å². The van der Waals surface area contributed by atoms with E-state index in [-0.39, 0.29) is 25.6 Å². The molecule has 2 aliphatic heterocycles. The maximum atomic E-state index is 16.1. The minimum Gasteiger partial charge on any atom is -0.496 e. The number of amides is 1. The van der Waals surface area contributed by atoms with Gasteiger partial charge in [-0.1, -0.05) is 43.0 Å². The number of hydrogen-bond donors (Lipinski definition) is 1. The summed E-state index contributed by atoms with van der Waals surface area (Å²) in [5, 5.41) is 11.9. The van der Waals surface area contributed by atoms with Crippen molar-refractivity contribution in [2.45, 2.75) is 76.5 Å². The highest BCUT2D eigenvalue weighted by molar-refractivity contribution is 6.01. The average molecular weight is 772 g/mol. The summed E-state index contributed by atoms with van der Waals surface area (Å²) in [7, 11) is 6.47. The maximum Gasteiger partial charge on any atom is 0.326 e. The van der Waals surface area contributed by atoms with Gasteiger partial charge in [0.05, 0.1) is 39.0 Å². The predicted octanol–water partition coefficient (Wildman–Crippen LogP) is 7.54. The topological polar surface area (TPSA) is 91.8 Å². The Hall–Kier alpha value is -4.20. The van der Waals surface area contributed by atoms with Gasteiger partial charge in [-0.05, 0) is 97.9 Å². The Morgan fingerprint density at radius 1 is 0.982 bits per heavy atom. The second kappa shape index (κ2) is 16.9. The molecule has 0 aliphatic carbocycles. The molecule has 0 spiro atoms. The zero-order valence-electron chi connectivity index (χ0n) is 32.6. The van der Waals surface area contributed by atoms with Crippen molar-refractivity contribution >= 4 is 22.6 Å². The lowest BCUT2D eigenvalue weighted by Gasteiger charge is -2.47. The van der Waals surface area contributed by atoms with Gasteiger partial charge in [0.1, 0.15) is 23.0 Å². The molecule has 2 fully saturated rings. The fourth-order valence-electron chi connectivity index (χ4n) is 8.09. The first-order valence-electron chi connectivity index (χ1n) is 18.6. The number of alkyl halides is 4. The Kier molecular flexibility index (Phi) is 12.9. The van der Waals surface area contributed by atoms with E-state index in [4.69, 9.17) is 14.2 Å². The fourth-order valence-corrected chi connectivity index (χ4v) is 8.09. The molecule has 300 valence electrons. The molecule has 0 bridgehead atoms. The highest BCUT2D eigenvalue weighted by atomic mass is 19.3. The molecule has 13 heteroatoms. The second-order valence-corrected chi connectivity index (χ2v) is 15.3. The fraction of sp³-hybridized carbons (Fsp3) is 0.524. The largest absolute Gasteiger partial charge is 0.496 e. The van der Waals surface area contributed by atoms with Crippen LogP contribution in [-0.2, 0) is 27.4 Å². The normalized spacial score (nSPS) is 17.9. The summed E-state index contributed by atoms with van der Waals surface area (Å²) >= 11 is 0. The van der Waals surface area contributed by atoms with E-state index in [0.717, 1.165) is 61.2 Å². The summed E-state index contributed by atoms with van der Waals surface area (Å²) in [6.07, 6.45) is 0.999. The molecule has 3 aromatic rings. The SMILES string of the molecule is C=C(C)C(F)(F)C1(C(=O)N(C)[C@@H](Cc2cccc3c(-c4c(OC)cc(COC5CCN(C)CC5)cc4OC)cccc23)C(=O)O)CCN(CC(C)(F)F)CC1. The predicted molar refractivity (Wildman–Crippen MR) is 204 cm³/mol. The van der Waals surface area contributed by atoms with Crippen LogP contribution in [0.15, 0.2) is 60.7 Å². The van der Waals surface area contributed by atoms with Crippen LogP contribution in [0.4, 0.5) is 17.6 Å². The molecule has 2 heterocycles. The number of methoxy groups -OCH3 is 2. The number of likely N-dealkylation sites (tertiary alicyclic amines) is 2. The number of carbonyl (C=O) groups excluding carboxylic acids is 1. The molecule has 9 nitrogen and oxygen atoms in total. The van der Waals surface area contributed by atoms with E-state index in [9.17, 15) is 23.5 Å². The van der Waals surface area contributed by atoms with Crippen LogP contribution in [0.5, 0.6) is 11.5 Å². The smallest absolute Gasteiger partial charge is 0.326 e.